The molecule has 0 fully saturated rings. The molecule has 0 spiro atoms. The fourth-order valence-corrected chi connectivity index (χ4v) is 1.60. The first-order valence-corrected chi connectivity index (χ1v) is 5.01. The molecular weight excluding hydrogens is 212 g/mol. The van der Waals surface area contributed by atoms with Crippen molar-refractivity contribution in [3.05, 3.63) is 40.6 Å². The summed E-state index contributed by atoms with van der Waals surface area (Å²) in [4.78, 5) is 0. The van der Waals surface area contributed by atoms with Crippen molar-refractivity contribution < 1.29 is 4.52 Å². The van der Waals surface area contributed by atoms with Gasteiger partial charge >= 0.3 is 0 Å². The Labute approximate surface area is 92.8 Å². The van der Waals surface area contributed by atoms with Crippen LogP contribution >= 0.6 is 11.6 Å². The number of hydrogen-bond acceptors (Lipinski definition) is 3. The van der Waals surface area contributed by atoms with Crippen molar-refractivity contribution in [2.75, 3.05) is 0 Å². The third kappa shape index (κ3) is 1.89. The van der Waals surface area contributed by atoms with Gasteiger partial charge in [-0.15, -0.1) is 0 Å². The van der Waals surface area contributed by atoms with Crippen LogP contribution in [0, 0.1) is 6.92 Å². The van der Waals surface area contributed by atoms with E-state index in [0.29, 0.717) is 12.3 Å². The maximum absolute atomic E-state index is 6.02. The van der Waals surface area contributed by atoms with Crippen LogP contribution < -0.4 is 5.73 Å². The number of aromatic nitrogens is 1. The number of nitrogens with two attached hydrogens (primary N) is 1. The van der Waals surface area contributed by atoms with Gasteiger partial charge in [-0.2, -0.15) is 0 Å². The molecule has 0 atom stereocenters. The van der Waals surface area contributed by atoms with Gasteiger partial charge < -0.3 is 10.3 Å². The highest BCUT2D eigenvalue weighted by atomic mass is 35.5. The second kappa shape index (κ2) is 4.04. The topological polar surface area (TPSA) is 52.0 Å². The third-order valence-corrected chi connectivity index (χ3v) is 2.71. The van der Waals surface area contributed by atoms with Gasteiger partial charge in [0.25, 0.3) is 0 Å². The van der Waals surface area contributed by atoms with Crippen molar-refractivity contribution in [1.29, 1.82) is 0 Å². The van der Waals surface area contributed by atoms with Crippen LogP contribution in [0.1, 0.15) is 11.3 Å². The molecule has 4 heteroatoms. The molecule has 0 aliphatic carbocycles. The van der Waals surface area contributed by atoms with E-state index >= 15 is 0 Å². The number of benzene rings is 1. The van der Waals surface area contributed by atoms with Crippen LogP contribution in [-0.4, -0.2) is 5.16 Å². The molecule has 2 rings (SSSR count). The SMILES string of the molecule is Cc1c(Cl)cccc1-c1cc(CN)on1. The normalized spacial score (nSPS) is 10.6. The monoisotopic (exact) mass is 222 g/mol. The predicted octanol–water partition coefficient (Wildman–Crippen LogP) is 2.76. The predicted molar refractivity (Wildman–Crippen MR) is 59.6 cm³/mol. The van der Waals surface area contributed by atoms with Crippen LogP contribution in [0.2, 0.25) is 5.02 Å². The van der Waals surface area contributed by atoms with Crippen molar-refractivity contribution in [2.45, 2.75) is 13.5 Å². The smallest absolute Gasteiger partial charge is 0.150 e. The highest BCUT2D eigenvalue weighted by Gasteiger charge is 2.09. The first-order chi connectivity index (χ1) is 7.22. The van der Waals surface area contributed by atoms with Crippen LogP contribution in [0.15, 0.2) is 28.8 Å². The summed E-state index contributed by atoms with van der Waals surface area (Å²) in [5, 5.41) is 4.67. The molecule has 3 nitrogen and oxygen atoms in total. The van der Waals surface area contributed by atoms with Gasteiger partial charge in [0.15, 0.2) is 5.76 Å². The van der Waals surface area contributed by atoms with Crippen molar-refractivity contribution in [1.82, 2.24) is 5.16 Å². The lowest BCUT2D eigenvalue weighted by Gasteiger charge is -2.02. The number of nitrogens with zero attached hydrogens (tertiary/aromatic N) is 1. The van der Waals surface area contributed by atoms with Gasteiger partial charge in [0.2, 0.25) is 0 Å². The first kappa shape index (κ1) is 10.2. The van der Waals surface area contributed by atoms with E-state index < -0.39 is 0 Å². The Balaban J connectivity index is 2.49. The molecule has 1 aromatic carbocycles. The number of hydrogen-bond donors (Lipinski definition) is 1. The third-order valence-electron chi connectivity index (χ3n) is 2.30. The van der Waals surface area contributed by atoms with Gasteiger partial charge in [0, 0.05) is 16.7 Å². The summed E-state index contributed by atoms with van der Waals surface area (Å²) in [6, 6.07) is 7.53. The summed E-state index contributed by atoms with van der Waals surface area (Å²) in [5.74, 6) is 0.671. The van der Waals surface area contributed by atoms with Gasteiger partial charge in [-0.25, -0.2) is 0 Å². The number of halogens is 1. The van der Waals surface area contributed by atoms with Crippen molar-refractivity contribution in [2.24, 2.45) is 5.73 Å². The Morgan fingerprint density at radius 1 is 1.47 bits per heavy atom. The minimum absolute atomic E-state index is 0.354. The Morgan fingerprint density at radius 3 is 2.93 bits per heavy atom. The lowest BCUT2D eigenvalue weighted by atomic mass is 10.1. The lowest BCUT2D eigenvalue weighted by molar-refractivity contribution is 0.387. The largest absolute Gasteiger partial charge is 0.359 e. The summed E-state index contributed by atoms with van der Waals surface area (Å²) >= 11 is 6.02. The van der Waals surface area contributed by atoms with Crippen LogP contribution in [0.4, 0.5) is 0 Å². The van der Waals surface area contributed by atoms with E-state index in [1.807, 2.05) is 31.2 Å². The van der Waals surface area contributed by atoms with E-state index in [1.54, 1.807) is 0 Å². The molecular formula is C11H11ClN2O. The molecule has 2 aromatic rings. The summed E-state index contributed by atoms with van der Waals surface area (Å²) in [5.41, 5.74) is 8.20. The summed E-state index contributed by atoms with van der Waals surface area (Å²) < 4.78 is 5.04. The molecule has 0 radical (unpaired) electrons. The minimum atomic E-state index is 0.354. The van der Waals surface area contributed by atoms with E-state index in [0.717, 1.165) is 21.8 Å². The molecule has 0 unspecified atom stereocenters. The summed E-state index contributed by atoms with van der Waals surface area (Å²) in [6.07, 6.45) is 0. The molecule has 0 aliphatic rings. The van der Waals surface area contributed by atoms with Gasteiger partial charge in [0.1, 0.15) is 5.69 Å². The molecule has 0 saturated heterocycles. The average molecular weight is 223 g/mol. The van der Waals surface area contributed by atoms with Crippen LogP contribution in [0.5, 0.6) is 0 Å². The van der Waals surface area contributed by atoms with Gasteiger partial charge in [-0.3, -0.25) is 0 Å². The second-order valence-corrected chi connectivity index (χ2v) is 3.70. The molecule has 2 N–H and O–H groups in total. The second-order valence-electron chi connectivity index (χ2n) is 3.29. The standard InChI is InChI=1S/C11H11ClN2O/c1-7-9(3-2-4-10(7)12)11-5-8(6-13)15-14-11/h2-5H,6,13H2,1H3. The Kier molecular flexibility index (Phi) is 2.75. The van der Waals surface area contributed by atoms with Crippen molar-refractivity contribution in [3.63, 3.8) is 0 Å². The van der Waals surface area contributed by atoms with Crippen LogP contribution in [0.3, 0.4) is 0 Å². The molecule has 0 amide bonds. The summed E-state index contributed by atoms with van der Waals surface area (Å²) in [7, 11) is 0. The Morgan fingerprint density at radius 2 is 2.27 bits per heavy atom. The zero-order valence-corrected chi connectivity index (χ0v) is 9.08. The lowest BCUT2D eigenvalue weighted by Crippen LogP contribution is -1.92. The molecule has 1 heterocycles. The highest BCUT2D eigenvalue weighted by molar-refractivity contribution is 6.31. The van der Waals surface area contributed by atoms with Gasteiger partial charge in [-0.05, 0) is 18.6 Å². The van der Waals surface area contributed by atoms with Crippen LogP contribution in [-0.2, 0) is 6.54 Å². The zero-order valence-electron chi connectivity index (χ0n) is 8.33. The maximum atomic E-state index is 6.02. The van der Waals surface area contributed by atoms with Crippen molar-refractivity contribution in [3.8, 4) is 11.3 Å². The van der Waals surface area contributed by atoms with Crippen molar-refractivity contribution >= 4 is 11.6 Å². The molecule has 78 valence electrons. The van der Waals surface area contributed by atoms with E-state index in [9.17, 15) is 0 Å². The molecule has 0 aliphatic heterocycles. The summed E-state index contributed by atoms with van der Waals surface area (Å²) in [6.45, 7) is 2.31. The fourth-order valence-electron chi connectivity index (χ4n) is 1.42. The van der Waals surface area contributed by atoms with Gasteiger partial charge in [0.05, 0.1) is 6.54 Å². The maximum Gasteiger partial charge on any atom is 0.150 e. The van der Waals surface area contributed by atoms with Crippen LogP contribution in [0.25, 0.3) is 11.3 Å². The zero-order chi connectivity index (χ0) is 10.8. The van der Waals surface area contributed by atoms with Gasteiger partial charge in [-0.1, -0.05) is 28.9 Å². The molecule has 1 aromatic heterocycles. The quantitative estimate of drug-likeness (QED) is 0.850. The first-order valence-electron chi connectivity index (χ1n) is 4.63. The van der Waals surface area contributed by atoms with E-state index in [4.69, 9.17) is 21.9 Å². The number of rotatable bonds is 2. The van der Waals surface area contributed by atoms with E-state index in [2.05, 4.69) is 5.16 Å². The van der Waals surface area contributed by atoms with E-state index in [1.165, 1.54) is 0 Å². The average Bonchev–Trinajstić information content (AvgIpc) is 2.70. The Hall–Kier alpha value is -1.32. The molecule has 15 heavy (non-hydrogen) atoms. The highest BCUT2D eigenvalue weighted by Crippen LogP contribution is 2.27. The minimum Gasteiger partial charge on any atom is -0.359 e. The van der Waals surface area contributed by atoms with E-state index in [-0.39, 0.29) is 0 Å². The fraction of sp³-hybridized carbons (Fsp3) is 0.182. The molecule has 0 saturated carbocycles. The Bertz CT molecular complexity index is 479. The molecule has 0 bridgehead atoms.